The summed E-state index contributed by atoms with van der Waals surface area (Å²) in [6.07, 6.45) is -7.59. The number of carbonyl (C=O) groups is 1. The van der Waals surface area contributed by atoms with Gasteiger partial charge in [0.15, 0.2) is 0 Å². The summed E-state index contributed by atoms with van der Waals surface area (Å²) in [6.45, 7) is 1.52. The Labute approximate surface area is 187 Å². The largest absolute Gasteiger partial charge is 0.481 e. The van der Waals surface area contributed by atoms with Crippen molar-refractivity contribution in [3.63, 3.8) is 0 Å². The van der Waals surface area contributed by atoms with Crippen LogP contribution in [0.5, 0.6) is 0 Å². The normalized spacial score (nSPS) is 26.2. The van der Waals surface area contributed by atoms with Crippen LogP contribution >= 0.6 is 0 Å². The van der Waals surface area contributed by atoms with Gasteiger partial charge >= 0.3 is 18.3 Å². The predicted molar refractivity (Wildman–Crippen MR) is 108 cm³/mol. The average Bonchev–Trinajstić information content (AvgIpc) is 3.54. The number of carboxylic acid groups (broad SMARTS) is 1. The van der Waals surface area contributed by atoms with Gasteiger partial charge in [-0.05, 0) is 66.0 Å². The maximum Gasteiger partial charge on any atom is 0.416 e. The van der Waals surface area contributed by atoms with Gasteiger partial charge in [-0.1, -0.05) is 24.3 Å². The van der Waals surface area contributed by atoms with Crippen molar-refractivity contribution in [2.24, 2.45) is 17.8 Å². The van der Waals surface area contributed by atoms with E-state index in [9.17, 15) is 36.2 Å². The number of carboxylic acids is 1. The highest BCUT2D eigenvalue weighted by atomic mass is 19.4. The van der Waals surface area contributed by atoms with E-state index in [0.29, 0.717) is 38.0 Å². The zero-order chi connectivity index (χ0) is 24.0. The number of aliphatic carboxylic acids is 1. The van der Waals surface area contributed by atoms with Crippen LogP contribution in [0.1, 0.15) is 41.0 Å². The number of hydrogen-bond donors (Lipinski definition) is 1. The fourth-order valence-electron chi connectivity index (χ4n) is 4.93. The molecular formula is C24H23F6NO2. The van der Waals surface area contributed by atoms with E-state index in [4.69, 9.17) is 0 Å². The van der Waals surface area contributed by atoms with Crippen LogP contribution in [-0.2, 0) is 23.7 Å². The fraction of sp³-hybridized carbons (Fsp3) is 0.458. The van der Waals surface area contributed by atoms with E-state index in [0.717, 1.165) is 29.8 Å². The fourth-order valence-corrected chi connectivity index (χ4v) is 4.93. The highest BCUT2D eigenvalue weighted by Crippen LogP contribution is 2.49. The predicted octanol–water partition coefficient (Wildman–Crippen LogP) is 6.05. The lowest BCUT2D eigenvalue weighted by Crippen LogP contribution is -2.40. The van der Waals surface area contributed by atoms with Gasteiger partial charge in [-0.2, -0.15) is 26.3 Å². The number of halogens is 6. The number of rotatable bonds is 5. The Morgan fingerprint density at radius 3 is 1.88 bits per heavy atom. The molecular weight excluding hydrogens is 448 g/mol. The van der Waals surface area contributed by atoms with E-state index in [1.807, 2.05) is 0 Å². The molecule has 1 aliphatic carbocycles. The second-order valence-electron chi connectivity index (χ2n) is 9.05. The minimum absolute atomic E-state index is 0.00912. The smallest absolute Gasteiger partial charge is 0.416 e. The first-order valence-electron chi connectivity index (χ1n) is 10.7. The molecule has 1 saturated heterocycles. The molecule has 33 heavy (non-hydrogen) atoms. The Morgan fingerprint density at radius 2 is 1.39 bits per heavy atom. The lowest BCUT2D eigenvalue weighted by Gasteiger charge is -2.38. The molecule has 3 nitrogen and oxygen atoms in total. The molecule has 0 bridgehead atoms. The summed E-state index contributed by atoms with van der Waals surface area (Å²) >= 11 is 0. The Balaban J connectivity index is 1.52. The molecule has 0 aromatic heterocycles. The quantitative estimate of drug-likeness (QED) is 0.540. The van der Waals surface area contributed by atoms with Crippen molar-refractivity contribution < 1.29 is 36.2 Å². The van der Waals surface area contributed by atoms with E-state index in [1.165, 1.54) is 24.3 Å². The van der Waals surface area contributed by atoms with Crippen molar-refractivity contribution in [3.8, 4) is 0 Å². The first-order valence-corrected chi connectivity index (χ1v) is 10.7. The molecule has 4 atom stereocenters. The van der Waals surface area contributed by atoms with Crippen LogP contribution in [0.3, 0.4) is 0 Å². The van der Waals surface area contributed by atoms with Crippen molar-refractivity contribution in [2.75, 3.05) is 13.1 Å². The van der Waals surface area contributed by atoms with Crippen LogP contribution in [0.2, 0.25) is 0 Å². The van der Waals surface area contributed by atoms with Crippen molar-refractivity contribution in [1.29, 1.82) is 0 Å². The van der Waals surface area contributed by atoms with Gasteiger partial charge in [0.05, 0.1) is 17.0 Å². The molecule has 178 valence electrons. The minimum atomic E-state index is -4.43. The maximum absolute atomic E-state index is 12.9. The van der Waals surface area contributed by atoms with Crippen LogP contribution in [0.15, 0.2) is 48.5 Å². The Bertz CT molecular complexity index is 984. The summed E-state index contributed by atoms with van der Waals surface area (Å²) in [5, 5.41) is 9.32. The van der Waals surface area contributed by atoms with E-state index in [2.05, 4.69) is 4.90 Å². The third-order valence-corrected chi connectivity index (χ3v) is 6.72. The van der Waals surface area contributed by atoms with Gasteiger partial charge in [0.2, 0.25) is 0 Å². The zero-order valence-electron chi connectivity index (χ0n) is 17.5. The number of piperidine rings is 1. The summed E-state index contributed by atoms with van der Waals surface area (Å²) in [5.41, 5.74) is -0.0147. The second-order valence-corrected chi connectivity index (χ2v) is 9.05. The number of likely N-dealkylation sites (tertiary alicyclic amines) is 1. The van der Waals surface area contributed by atoms with E-state index < -0.39 is 35.4 Å². The van der Waals surface area contributed by atoms with Gasteiger partial charge in [-0.3, -0.25) is 9.69 Å². The minimum Gasteiger partial charge on any atom is -0.481 e. The average molecular weight is 471 g/mol. The molecule has 1 N–H and O–H groups in total. The van der Waals surface area contributed by atoms with Crippen LogP contribution in [0.4, 0.5) is 26.3 Å². The molecule has 1 heterocycles. The molecule has 1 unspecified atom stereocenters. The molecule has 0 spiro atoms. The van der Waals surface area contributed by atoms with Gasteiger partial charge in [0.1, 0.15) is 0 Å². The number of hydrogen-bond acceptors (Lipinski definition) is 2. The van der Waals surface area contributed by atoms with Gasteiger partial charge < -0.3 is 5.11 Å². The Morgan fingerprint density at radius 1 is 0.848 bits per heavy atom. The van der Waals surface area contributed by atoms with Crippen molar-refractivity contribution in [1.82, 2.24) is 4.90 Å². The molecule has 2 aliphatic rings. The molecule has 2 aromatic carbocycles. The second kappa shape index (κ2) is 8.66. The summed E-state index contributed by atoms with van der Waals surface area (Å²) in [5.74, 6) is -1.27. The lowest BCUT2D eigenvalue weighted by molar-refractivity contribution is -0.139. The highest BCUT2D eigenvalue weighted by Gasteiger charge is 2.49. The van der Waals surface area contributed by atoms with Gasteiger partial charge in [-0.15, -0.1) is 0 Å². The van der Waals surface area contributed by atoms with Crippen LogP contribution in [-0.4, -0.2) is 29.1 Å². The summed E-state index contributed by atoms with van der Waals surface area (Å²) < 4.78 is 77.3. The van der Waals surface area contributed by atoms with Gasteiger partial charge in [0.25, 0.3) is 0 Å². The Kier molecular flexibility index (Phi) is 6.20. The first kappa shape index (κ1) is 23.6. The number of nitrogens with zero attached hydrogens (tertiary/aromatic N) is 1. The highest BCUT2D eigenvalue weighted by molar-refractivity contribution is 5.73. The molecule has 2 aromatic rings. The SMILES string of the molecule is O=C(O)C1C[C@@H]1[C@@H]1C[C@H](c2ccc(C(F)(F)F)cc2)CN(Cc2ccc(C(F)(F)F)cc2)C1. The lowest BCUT2D eigenvalue weighted by atomic mass is 9.81. The monoisotopic (exact) mass is 471 g/mol. The molecule has 2 fully saturated rings. The standard InChI is InChI=1S/C24H23F6NO2/c25-23(26,27)18-5-1-14(2-6-18)11-31-12-16(9-17(13-31)20-10-21(20)22(32)33)15-3-7-19(8-4-15)24(28,29)30/h1-8,16-17,20-21H,9-13H2,(H,32,33)/t16-,17+,20+,21?/m0/s1. The van der Waals surface area contributed by atoms with Gasteiger partial charge in [-0.25, -0.2) is 0 Å². The third kappa shape index (κ3) is 5.51. The summed E-state index contributed by atoms with van der Waals surface area (Å²) in [7, 11) is 0. The topological polar surface area (TPSA) is 40.5 Å². The van der Waals surface area contributed by atoms with Crippen molar-refractivity contribution >= 4 is 5.97 Å². The first-order chi connectivity index (χ1) is 15.4. The summed E-state index contributed by atoms with van der Waals surface area (Å²) in [4.78, 5) is 13.4. The molecule has 1 aliphatic heterocycles. The van der Waals surface area contributed by atoms with Crippen LogP contribution < -0.4 is 0 Å². The van der Waals surface area contributed by atoms with Gasteiger partial charge in [0, 0.05) is 19.6 Å². The molecule has 0 radical (unpaired) electrons. The summed E-state index contributed by atoms with van der Waals surface area (Å²) in [6, 6.07) is 9.96. The van der Waals surface area contributed by atoms with E-state index in [1.54, 1.807) is 0 Å². The Hall–Kier alpha value is -2.55. The van der Waals surface area contributed by atoms with E-state index >= 15 is 0 Å². The van der Waals surface area contributed by atoms with Crippen molar-refractivity contribution in [3.05, 3.63) is 70.8 Å². The number of benzene rings is 2. The van der Waals surface area contributed by atoms with E-state index in [-0.39, 0.29) is 17.8 Å². The third-order valence-electron chi connectivity index (χ3n) is 6.72. The molecule has 0 amide bonds. The molecule has 1 saturated carbocycles. The van der Waals surface area contributed by atoms with Crippen molar-refractivity contribution in [2.45, 2.75) is 37.7 Å². The van der Waals surface area contributed by atoms with Crippen LogP contribution in [0, 0.1) is 17.8 Å². The number of alkyl halides is 6. The molecule has 9 heteroatoms. The zero-order valence-corrected chi connectivity index (χ0v) is 17.5. The van der Waals surface area contributed by atoms with Crippen LogP contribution in [0.25, 0.3) is 0 Å². The maximum atomic E-state index is 12.9. The molecule has 4 rings (SSSR count).